The van der Waals surface area contributed by atoms with E-state index in [1.54, 1.807) is 12.3 Å². The largest absolute Gasteiger partial charge is 0.0746 e. The van der Waals surface area contributed by atoms with Crippen molar-refractivity contribution < 1.29 is 0 Å². The maximum atomic E-state index is 2.43. The topological polar surface area (TPSA) is 0 Å². The van der Waals surface area contributed by atoms with E-state index >= 15 is 0 Å². The average Bonchev–Trinajstić information content (AvgIpc) is 1.46. The highest BCUT2D eigenvalue weighted by atomic mass is 32.1. The summed E-state index contributed by atoms with van der Waals surface area (Å²) in [6, 6.07) is 0. The van der Waals surface area contributed by atoms with Crippen molar-refractivity contribution in [3.63, 3.8) is 0 Å². The fourth-order valence-electron chi connectivity index (χ4n) is 1.70. The molecule has 1 saturated heterocycles. The van der Waals surface area contributed by atoms with Gasteiger partial charge >= 0.3 is 0 Å². The summed E-state index contributed by atoms with van der Waals surface area (Å²) >= 11 is 0. The smallest absolute Gasteiger partial charge is 0.0140 e. The molecular formula is C10H22P2. The van der Waals surface area contributed by atoms with E-state index in [1.165, 1.54) is 0 Å². The third-order valence-corrected chi connectivity index (χ3v) is 14.2. The third-order valence-electron chi connectivity index (χ3n) is 2.36. The van der Waals surface area contributed by atoms with Crippen molar-refractivity contribution in [3.8, 4) is 0 Å². The van der Waals surface area contributed by atoms with Gasteiger partial charge in [-0.05, 0) is 22.6 Å². The summed E-state index contributed by atoms with van der Waals surface area (Å²) < 4.78 is 0. The first-order chi connectivity index (χ1) is 5.23. The van der Waals surface area contributed by atoms with E-state index in [1.807, 2.05) is 0 Å². The molecule has 0 amide bonds. The zero-order valence-electron chi connectivity index (χ0n) is 9.31. The third kappa shape index (κ3) is 2.21. The number of hydrogen-bond donors (Lipinski definition) is 0. The molecule has 0 bridgehead atoms. The molecule has 1 aliphatic heterocycles. The fraction of sp³-hybridized carbons (Fsp3) is 1.00. The molecule has 1 aliphatic rings. The minimum Gasteiger partial charge on any atom is -0.0746 e. The minimum absolute atomic E-state index is 0.374. The Morgan fingerprint density at radius 3 is 1.00 bits per heavy atom. The van der Waals surface area contributed by atoms with Gasteiger partial charge in [0.25, 0.3) is 0 Å². The summed E-state index contributed by atoms with van der Waals surface area (Å²) in [7, 11) is 0.749. The van der Waals surface area contributed by atoms with Crippen LogP contribution in [0, 0.1) is 0 Å². The van der Waals surface area contributed by atoms with E-state index in [4.69, 9.17) is 0 Å². The van der Waals surface area contributed by atoms with Crippen LogP contribution in [-0.2, 0) is 0 Å². The van der Waals surface area contributed by atoms with Crippen molar-refractivity contribution in [2.24, 2.45) is 0 Å². The van der Waals surface area contributed by atoms with E-state index in [-0.39, 0.29) is 0 Å². The van der Waals surface area contributed by atoms with E-state index < -0.39 is 0 Å². The molecule has 0 aromatic heterocycles. The Morgan fingerprint density at radius 2 is 0.917 bits per heavy atom. The molecule has 0 nitrogen and oxygen atoms in total. The van der Waals surface area contributed by atoms with E-state index in [2.05, 4.69) is 41.5 Å². The van der Waals surface area contributed by atoms with Crippen molar-refractivity contribution >= 4 is 15.2 Å². The Kier molecular flexibility index (Phi) is 2.93. The van der Waals surface area contributed by atoms with Crippen LogP contribution in [0.15, 0.2) is 0 Å². The van der Waals surface area contributed by atoms with Crippen LogP contribution in [-0.4, -0.2) is 22.6 Å². The van der Waals surface area contributed by atoms with E-state index in [0.717, 1.165) is 0 Å². The molecule has 2 heteroatoms. The number of hydrogen-bond acceptors (Lipinski definition) is 0. The Morgan fingerprint density at radius 1 is 0.667 bits per heavy atom. The van der Waals surface area contributed by atoms with Gasteiger partial charge in [0.15, 0.2) is 0 Å². The summed E-state index contributed by atoms with van der Waals surface area (Å²) in [6.07, 6.45) is 3.09. The summed E-state index contributed by atoms with van der Waals surface area (Å²) in [5, 5.41) is 1.24. The van der Waals surface area contributed by atoms with Crippen LogP contribution < -0.4 is 0 Å². The fourth-order valence-corrected chi connectivity index (χ4v) is 11.2. The average molecular weight is 204 g/mol. The molecule has 0 aromatic carbocycles. The number of rotatable bonds is 0. The second-order valence-corrected chi connectivity index (χ2v) is 13.7. The molecule has 0 spiro atoms. The highest BCUT2D eigenvalue weighted by Crippen LogP contribution is 2.86. The van der Waals surface area contributed by atoms with Crippen LogP contribution >= 0.6 is 15.2 Å². The molecule has 0 aromatic rings. The first kappa shape index (κ1) is 10.9. The van der Waals surface area contributed by atoms with Gasteiger partial charge < -0.3 is 0 Å². The lowest BCUT2D eigenvalue weighted by atomic mass is 10.3. The van der Waals surface area contributed by atoms with Crippen LogP contribution in [0.2, 0.25) is 0 Å². The van der Waals surface area contributed by atoms with Crippen LogP contribution in [0.4, 0.5) is 0 Å². The zero-order chi connectivity index (χ0) is 9.57. The quantitative estimate of drug-likeness (QED) is 0.510. The summed E-state index contributed by atoms with van der Waals surface area (Å²) in [6.45, 7) is 14.6. The van der Waals surface area contributed by atoms with Crippen molar-refractivity contribution in [1.29, 1.82) is 0 Å². The molecule has 0 N–H and O–H groups in total. The zero-order valence-corrected chi connectivity index (χ0v) is 11.1. The minimum atomic E-state index is 0.374. The SMILES string of the molecule is CC(C)(C)P1CCP1C(C)(C)C. The highest BCUT2D eigenvalue weighted by molar-refractivity contribution is 8.34. The molecule has 12 heavy (non-hydrogen) atoms. The Hall–Kier alpha value is 0.860. The molecular weight excluding hydrogens is 182 g/mol. The molecule has 1 fully saturated rings. The Labute approximate surface area is 79.9 Å². The second-order valence-electron chi connectivity index (χ2n) is 5.59. The normalized spacial score (nSPS) is 31.5. The van der Waals surface area contributed by atoms with Crippen molar-refractivity contribution in [3.05, 3.63) is 0 Å². The van der Waals surface area contributed by atoms with Gasteiger partial charge in [-0.15, -0.1) is 0 Å². The first-order valence-electron chi connectivity index (χ1n) is 4.78. The summed E-state index contributed by atoms with van der Waals surface area (Å²) in [5.41, 5.74) is 0. The van der Waals surface area contributed by atoms with Crippen molar-refractivity contribution in [2.45, 2.75) is 51.9 Å². The first-order valence-corrected chi connectivity index (χ1v) is 8.54. The maximum Gasteiger partial charge on any atom is -0.0140 e. The van der Waals surface area contributed by atoms with Crippen LogP contribution in [0.5, 0.6) is 0 Å². The highest BCUT2D eigenvalue weighted by Gasteiger charge is 2.43. The molecule has 2 atom stereocenters. The van der Waals surface area contributed by atoms with Crippen LogP contribution in [0.1, 0.15) is 41.5 Å². The van der Waals surface area contributed by atoms with Gasteiger partial charge in [0, 0.05) is 0 Å². The molecule has 1 rings (SSSR count). The van der Waals surface area contributed by atoms with E-state index in [0.29, 0.717) is 25.5 Å². The van der Waals surface area contributed by atoms with E-state index in [9.17, 15) is 0 Å². The molecule has 1 heterocycles. The monoisotopic (exact) mass is 204 g/mol. The Balaban J connectivity index is 2.62. The Bertz CT molecular complexity index is 142. The second kappa shape index (κ2) is 3.21. The molecule has 72 valence electrons. The lowest BCUT2D eigenvalue weighted by Crippen LogP contribution is -2.27. The van der Waals surface area contributed by atoms with Gasteiger partial charge in [-0.1, -0.05) is 56.8 Å². The predicted molar refractivity (Wildman–Crippen MR) is 63.1 cm³/mol. The van der Waals surface area contributed by atoms with Gasteiger partial charge in [-0.3, -0.25) is 0 Å². The van der Waals surface area contributed by atoms with Gasteiger partial charge in [-0.25, -0.2) is 0 Å². The van der Waals surface area contributed by atoms with Crippen molar-refractivity contribution in [2.75, 3.05) is 12.3 Å². The molecule has 0 aliphatic carbocycles. The summed E-state index contributed by atoms with van der Waals surface area (Å²) in [4.78, 5) is 0. The maximum absolute atomic E-state index is 2.43. The van der Waals surface area contributed by atoms with Crippen LogP contribution in [0.3, 0.4) is 0 Å². The predicted octanol–water partition coefficient (Wildman–Crippen LogP) is 4.48. The lowest BCUT2D eigenvalue weighted by molar-refractivity contribution is 0.765. The van der Waals surface area contributed by atoms with Gasteiger partial charge in [0.1, 0.15) is 0 Å². The lowest BCUT2D eigenvalue weighted by Gasteiger charge is -2.52. The van der Waals surface area contributed by atoms with Crippen LogP contribution in [0.25, 0.3) is 0 Å². The van der Waals surface area contributed by atoms with Gasteiger partial charge in [-0.2, -0.15) is 0 Å². The molecule has 0 saturated carbocycles. The van der Waals surface area contributed by atoms with Gasteiger partial charge in [0.05, 0.1) is 0 Å². The molecule has 0 radical (unpaired) electrons. The molecule has 2 unspecified atom stereocenters. The summed E-state index contributed by atoms with van der Waals surface area (Å²) in [5.74, 6) is 0. The van der Waals surface area contributed by atoms with Crippen molar-refractivity contribution in [1.82, 2.24) is 0 Å². The van der Waals surface area contributed by atoms with Gasteiger partial charge in [0.2, 0.25) is 0 Å². The standard InChI is InChI=1S/C10H22P2/c1-9(2,3)11-7-8-12(11)10(4,5)6/h7-8H2,1-6H3.